The van der Waals surface area contributed by atoms with E-state index in [-0.39, 0.29) is 27.8 Å². The minimum Gasteiger partial charge on any atom is -0.495 e. The van der Waals surface area contributed by atoms with E-state index in [1.807, 2.05) is 18.2 Å². The number of sulfonamides is 1. The van der Waals surface area contributed by atoms with Crippen molar-refractivity contribution in [2.45, 2.75) is 4.90 Å². The van der Waals surface area contributed by atoms with Crippen LogP contribution in [0.3, 0.4) is 0 Å². The fraction of sp³-hybridized carbons (Fsp3) is 0.100. The molecule has 0 spiro atoms. The number of non-ortho nitro benzene ring substituents is 1. The van der Waals surface area contributed by atoms with E-state index in [0.717, 1.165) is 16.8 Å². The average Bonchev–Trinajstić information content (AvgIpc) is 3.09. The summed E-state index contributed by atoms with van der Waals surface area (Å²) in [6.45, 7) is 0. The first kappa shape index (κ1) is 19.5. The second kappa shape index (κ2) is 7.23. The molecule has 0 saturated heterocycles. The van der Waals surface area contributed by atoms with Gasteiger partial charge in [-0.1, -0.05) is 18.2 Å². The SMILES string of the molecule is COc1cc2c(cc1NS(=O)(=O)c1cc([N+](=O)[O-])ccc1OC)oc1ccccc12. The van der Waals surface area contributed by atoms with Gasteiger partial charge in [-0.2, -0.15) is 0 Å². The number of nitro groups is 1. The highest BCUT2D eigenvalue weighted by molar-refractivity contribution is 7.92. The van der Waals surface area contributed by atoms with Crippen LogP contribution in [-0.4, -0.2) is 27.6 Å². The molecule has 0 aliphatic carbocycles. The van der Waals surface area contributed by atoms with Gasteiger partial charge in [-0.3, -0.25) is 14.8 Å². The first-order valence-electron chi connectivity index (χ1n) is 8.68. The Hall–Kier alpha value is -3.79. The van der Waals surface area contributed by atoms with E-state index in [4.69, 9.17) is 13.9 Å². The molecule has 1 heterocycles. The number of methoxy groups -OCH3 is 2. The maximum Gasteiger partial charge on any atom is 0.271 e. The number of fused-ring (bicyclic) bond motifs is 3. The number of hydrogen-bond acceptors (Lipinski definition) is 7. The standard InChI is InChI=1S/C20H16N2O7S/c1-27-17-8-7-12(22(23)24)9-20(17)30(25,26)21-15-11-18-14(10-19(15)28-2)13-5-3-4-6-16(13)29-18/h3-11,21H,1-2H3. The zero-order chi connectivity index (χ0) is 21.5. The highest BCUT2D eigenvalue weighted by atomic mass is 32.2. The molecule has 0 atom stereocenters. The number of ether oxygens (including phenoxy) is 2. The van der Waals surface area contributed by atoms with Crippen molar-refractivity contribution in [3.63, 3.8) is 0 Å². The van der Waals surface area contributed by atoms with E-state index >= 15 is 0 Å². The van der Waals surface area contributed by atoms with Gasteiger partial charge in [0.25, 0.3) is 15.7 Å². The summed E-state index contributed by atoms with van der Waals surface area (Å²) >= 11 is 0. The highest BCUT2D eigenvalue weighted by Crippen LogP contribution is 2.38. The fourth-order valence-corrected chi connectivity index (χ4v) is 4.44. The monoisotopic (exact) mass is 428 g/mol. The van der Waals surface area contributed by atoms with Crippen LogP contribution in [-0.2, 0) is 10.0 Å². The molecule has 0 unspecified atom stereocenters. The van der Waals surface area contributed by atoms with E-state index in [9.17, 15) is 18.5 Å². The number of nitrogens with one attached hydrogen (secondary N) is 1. The molecule has 10 heteroatoms. The molecular weight excluding hydrogens is 412 g/mol. The number of anilines is 1. The molecule has 154 valence electrons. The van der Waals surface area contributed by atoms with E-state index in [0.29, 0.717) is 11.2 Å². The number of furan rings is 1. The number of benzene rings is 3. The first-order chi connectivity index (χ1) is 14.3. The zero-order valence-corrected chi connectivity index (χ0v) is 16.7. The van der Waals surface area contributed by atoms with Gasteiger partial charge in [0.15, 0.2) is 0 Å². The van der Waals surface area contributed by atoms with Crippen molar-refractivity contribution >= 4 is 43.3 Å². The Balaban J connectivity index is 1.84. The highest BCUT2D eigenvalue weighted by Gasteiger charge is 2.25. The lowest BCUT2D eigenvalue weighted by molar-refractivity contribution is -0.385. The minimum atomic E-state index is -4.24. The van der Waals surface area contributed by atoms with Gasteiger partial charge < -0.3 is 13.9 Å². The molecule has 3 aromatic carbocycles. The summed E-state index contributed by atoms with van der Waals surface area (Å²) in [5.41, 5.74) is 0.851. The minimum absolute atomic E-state index is 0.0307. The van der Waals surface area contributed by atoms with Crippen LogP contribution in [0, 0.1) is 10.1 Å². The lowest BCUT2D eigenvalue weighted by Gasteiger charge is -2.14. The van der Waals surface area contributed by atoms with Crippen LogP contribution in [0.5, 0.6) is 11.5 Å². The molecule has 1 aromatic heterocycles. The molecule has 0 fully saturated rings. The van der Waals surface area contributed by atoms with E-state index in [2.05, 4.69) is 4.72 Å². The van der Waals surface area contributed by atoms with Gasteiger partial charge in [-0.25, -0.2) is 8.42 Å². The summed E-state index contributed by atoms with van der Waals surface area (Å²) in [5.74, 6) is 0.235. The third kappa shape index (κ3) is 3.26. The van der Waals surface area contributed by atoms with Crippen LogP contribution >= 0.6 is 0 Å². The topological polar surface area (TPSA) is 121 Å². The Kier molecular flexibility index (Phi) is 4.70. The van der Waals surface area contributed by atoms with Gasteiger partial charge in [0.1, 0.15) is 27.6 Å². The van der Waals surface area contributed by atoms with Crippen LogP contribution in [0.4, 0.5) is 11.4 Å². The lowest BCUT2D eigenvalue weighted by atomic mass is 10.1. The summed E-state index contributed by atoms with van der Waals surface area (Å²) in [7, 11) is -1.55. The Morgan fingerprint density at radius 3 is 2.37 bits per heavy atom. The number of rotatable bonds is 6. The van der Waals surface area contributed by atoms with Crippen molar-refractivity contribution in [1.29, 1.82) is 0 Å². The maximum atomic E-state index is 13.0. The van der Waals surface area contributed by atoms with Gasteiger partial charge >= 0.3 is 0 Å². The summed E-state index contributed by atoms with van der Waals surface area (Å²) in [4.78, 5) is 10.0. The predicted molar refractivity (Wildman–Crippen MR) is 111 cm³/mol. The van der Waals surface area contributed by atoms with Gasteiger partial charge in [0.05, 0.1) is 24.8 Å². The Labute approximate surface area is 171 Å². The number of hydrogen-bond donors (Lipinski definition) is 1. The Morgan fingerprint density at radius 1 is 0.933 bits per heavy atom. The van der Waals surface area contributed by atoms with Crippen molar-refractivity contribution in [3.05, 3.63) is 64.7 Å². The third-order valence-corrected chi connectivity index (χ3v) is 5.98. The van der Waals surface area contributed by atoms with Crippen LogP contribution in [0.2, 0.25) is 0 Å². The molecule has 0 aliphatic heterocycles. The Morgan fingerprint density at radius 2 is 1.67 bits per heavy atom. The number of para-hydroxylation sites is 1. The fourth-order valence-electron chi connectivity index (χ4n) is 3.19. The summed E-state index contributed by atoms with van der Waals surface area (Å²) in [6.07, 6.45) is 0. The summed E-state index contributed by atoms with van der Waals surface area (Å²) in [6, 6.07) is 13.9. The molecule has 4 rings (SSSR count). The summed E-state index contributed by atoms with van der Waals surface area (Å²) < 4.78 is 44.7. The zero-order valence-electron chi connectivity index (χ0n) is 15.9. The van der Waals surface area contributed by atoms with Crippen molar-refractivity contribution in [3.8, 4) is 11.5 Å². The Bertz CT molecular complexity index is 1390. The average molecular weight is 428 g/mol. The van der Waals surface area contributed by atoms with E-state index in [1.165, 1.54) is 32.4 Å². The second-order valence-electron chi connectivity index (χ2n) is 6.34. The molecular formula is C20H16N2O7S. The molecule has 0 radical (unpaired) electrons. The van der Waals surface area contributed by atoms with Crippen LogP contribution in [0.25, 0.3) is 21.9 Å². The van der Waals surface area contributed by atoms with Crippen molar-refractivity contribution < 1.29 is 27.2 Å². The van der Waals surface area contributed by atoms with Gasteiger partial charge in [0, 0.05) is 29.0 Å². The molecule has 0 aliphatic rings. The van der Waals surface area contributed by atoms with Crippen LogP contribution < -0.4 is 14.2 Å². The van der Waals surface area contributed by atoms with Crippen LogP contribution in [0.1, 0.15) is 0 Å². The van der Waals surface area contributed by atoms with Gasteiger partial charge in [-0.15, -0.1) is 0 Å². The maximum absolute atomic E-state index is 13.0. The molecule has 30 heavy (non-hydrogen) atoms. The first-order valence-corrected chi connectivity index (χ1v) is 10.2. The number of nitrogens with zero attached hydrogens (tertiary/aromatic N) is 1. The quantitative estimate of drug-likeness (QED) is 0.359. The van der Waals surface area contributed by atoms with Crippen molar-refractivity contribution in [1.82, 2.24) is 0 Å². The van der Waals surface area contributed by atoms with Gasteiger partial charge in [0.2, 0.25) is 0 Å². The number of nitro benzene ring substituents is 1. The molecule has 9 nitrogen and oxygen atoms in total. The third-order valence-electron chi connectivity index (χ3n) is 4.59. The van der Waals surface area contributed by atoms with Crippen molar-refractivity contribution in [2.24, 2.45) is 0 Å². The molecule has 0 amide bonds. The van der Waals surface area contributed by atoms with E-state index < -0.39 is 14.9 Å². The second-order valence-corrected chi connectivity index (χ2v) is 8.00. The lowest BCUT2D eigenvalue weighted by Crippen LogP contribution is -2.15. The van der Waals surface area contributed by atoms with Crippen LogP contribution in [0.15, 0.2) is 63.9 Å². The largest absolute Gasteiger partial charge is 0.495 e. The molecule has 0 bridgehead atoms. The predicted octanol–water partition coefficient (Wildman–Crippen LogP) is 4.31. The molecule has 4 aromatic rings. The van der Waals surface area contributed by atoms with Gasteiger partial charge in [-0.05, 0) is 18.2 Å². The summed E-state index contributed by atoms with van der Waals surface area (Å²) in [5, 5.41) is 12.7. The normalized spacial score (nSPS) is 11.5. The van der Waals surface area contributed by atoms with E-state index in [1.54, 1.807) is 12.1 Å². The molecule has 0 saturated carbocycles. The smallest absolute Gasteiger partial charge is 0.271 e. The molecule has 1 N–H and O–H groups in total. The van der Waals surface area contributed by atoms with Crippen molar-refractivity contribution in [2.75, 3.05) is 18.9 Å².